The van der Waals surface area contributed by atoms with Crippen molar-refractivity contribution in [2.45, 2.75) is 18.6 Å². The van der Waals surface area contributed by atoms with Crippen LogP contribution in [0.3, 0.4) is 0 Å². The van der Waals surface area contributed by atoms with Gasteiger partial charge in [0, 0.05) is 24.7 Å². The predicted octanol–water partition coefficient (Wildman–Crippen LogP) is -0.392. The van der Waals surface area contributed by atoms with E-state index in [1.807, 2.05) is 0 Å². The molecule has 0 spiro atoms. The molecule has 20 heavy (non-hydrogen) atoms. The highest BCUT2D eigenvalue weighted by atomic mass is 19.2. The van der Waals surface area contributed by atoms with Crippen LogP contribution in [-0.4, -0.2) is 40.5 Å². The number of carbonyl (C=O) groups is 2. The fourth-order valence-corrected chi connectivity index (χ4v) is 2.21. The normalized spacial score (nSPS) is 22.1. The van der Waals surface area contributed by atoms with Crippen LogP contribution in [0.2, 0.25) is 0 Å². The minimum absolute atomic E-state index is 0.00462. The molecule has 0 saturated carbocycles. The van der Waals surface area contributed by atoms with E-state index in [2.05, 4.69) is 0 Å². The van der Waals surface area contributed by atoms with Crippen molar-refractivity contribution in [2.24, 2.45) is 5.73 Å². The number of nitrogens with two attached hydrogens (primary N) is 2. The number of nitrogens with zero attached hydrogens (tertiary/aromatic N) is 1. The molecule has 8 heteroatoms. The third kappa shape index (κ3) is 2.42. The molecule has 5 N–H and O–H groups in total. The van der Waals surface area contributed by atoms with E-state index in [1.165, 1.54) is 0 Å². The van der Waals surface area contributed by atoms with Crippen LogP contribution >= 0.6 is 0 Å². The van der Waals surface area contributed by atoms with Crippen LogP contribution in [0.4, 0.5) is 14.5 Å². The SMILES string of the molecule is NC(=O)C1CC(O)CN1C(=O)c1cc(F)c(F)cc1N. The number of aliphatic hydroxyl groups excluding tert-OH is 1. The first-order valence-corrected chi connectivity index (χ1v) is 5.84. The van der Waals surface area contributed by atoms with Gasteiger partial charge in [-0.05, 0) is 6.07 Å². The van der Waals surface area contributed by atoms with Crippen LogP contribution in [0.1, 0.15) is 16.8 Å². The highest BCUT2D eigenvalue weighted by Gasteiger charge is 2.38. The summed E-state index contributed by atoms with van der Waals surface area (Å²) in [5.74, 6) is -3.96. The summed E-state index contributed by atoms with van der Waals surface area (Å²) in [5, 5.41) is 9.52. The highest BCUT2D eigenvalue weighted by Crippen LogP contribution is 2.24. The van der Waals surface area contributed by atoms with E-state index in [9.17, 15) is 23.5 Å². The van der Waals surface area contributed by atoms with Crippen LogP contribution in [0, 0.1) is 11.6 Å². The summed E-state index contributed by atoms with van der Waals surface area (Å²) in [6.07, 6.45) is -0.895. The maximum Gasteiger partial charge on any atom is 0.256 e. The number of benzene rings is 1. The number of hydrogen-bond acceptors (Lipinski definition) is 4. The largest absolute Gasteiger partial charge is 0.398 e. The number of anilines is 1. The van der Waals surface area contributed by atoms with Crippen LogP contribution in [-0.2, 0) is 4.79 Å². The van der Waals surface area contributed by atoms with Crippen LogP contribution < -0.4 is 11.5 Å². The number of nitrogen functional groups attached to an aromatic ring is 1. The third-order valence-corrected chi connectivity index (χ3v) is 3.19. The van der Waals surface area contributed by atoms with Gasteiger partial charge < -0.3 is 21.5 Å². The first-order valence-electron chi connectivity index (χ1n) is 5.84. The zero-order valence-electron chi connectivity index (χ0n) is 10.3. The van der Waals surface area contributed by atoms with E-state index in [1.54, 1.807) is 0 Å². The number of carbonyl (C=O) groups excluding carboxylic acids is 2. The van der Waals surface area contributed by atoms with Crippen molar-refractivity contribution in [3.05, 3.63) is 29.3 Å². The molecule has 1 aromatic rings. The molecule has 2 atom stereocenters. The first kappa shape index (κ1) is 14.2. The number of rotatable bonds is 2. The molecule has 6 nitrogen and oxygen atoms in total. The van der Waals surface area contributed by atoms with Gasteiger partial charge in [0.05, 0.1) is 11.7 Å². The number of β-amino-alcohol motifs (C(OH)–C–C–N with tert-alkyl or cyclic N) is 1. The van der Waals surface area contributed by atoms with Crippen LogP contribution in [0.25, 0.3) is 0 Å². The van der Waals surface area contributed by atoms with E-state index >= 15 is 0 Å². The maximum absolute atomic E-state index is 13.2. The van der Waals surface area contributed by atoms with E-state index in [-0.39, 0.29) is 24.2 Å². The number of likely N-dealkylation sites (tertiary alicyclic amines) is 1. The van der Waals surface area contributed by atoms with E-state index in [0.29, 0.717) is 12.1 Å². The minimum atomic E-state index is -1.22. The van der Waals surface area contributed by atoms with Crippen LogP contribution in [0.5, 0.6) is 0 Å². The zero-order chi connectivity index (χ0) is 15.0. The molecule has 2 amide bonds. The summed E-state index contributed by atoms with van der Waals surface area (Å²) in [6.45, 7) is -0.120. The molecule has 1 aromatic carbocycles. The lowest BCUT2D eigenvalue weighted by molar-refractivity contribution is -0.121. The van der Waals surface area contributed by atoms with Crippen LogP contribution in [0.15, 0.2) is 12.1 Å². The summed E-state index contributed by atoms with van der Waals surface area (Å²) in [4.78, 5) is 24.5. The van der Waals surface area contributed by atoms with Gasteiger partial charge in [0.1, 0.15) is 6.04 Å². The van der Waals surface area contributed by atoms with Gasteiger partial charge in [0.25, 0.3) is 5.91 Å². The fourth-order valence-electron chi connectivity index (χ4n) is 2.21. The molecule has 108 valence electrons. The van der Waals surface area contributed by atoms with Crippen molar-refractivity contribution in [2.75, 3.05) is 12.3 Å². The molecule has 1 heterocycles. The Balaban J connectivity index is 2.36. The molecule has 1 fully saturated rings. The number of hydrogen-bond donors (Lipinski definition) is 3. The molecular formula is C12H13F2N3O3. The average Bonchev–Trinajstić information content (AvgIpc) is 2.75. The zero-order valence-corrected chi connectivity index (χ0v) is 10.3. The van der Waals surface area contributed by atoms with Gasteiger partial charge in [0.2, 0.25) is 5.91 Å². The number of amides is 2. The maximum atomic E-state index is 13.2. The molecule has 1 saturated heterocycles. The topological polar surface area (TPSA) is 110 Å². The van der Waals surface area contributed by atoms with Gasteiger partial charge in [-0.1, -0.05) is 0 Å². The summed E-state index contributed by atoms with van der Waals surface area (Å²) >= 11 is 0. The summed E-state index contributed by atoms with van der Waals surface area (Å²) in [5.41, 5.74) is 10.1. The Kier molecular flexibility index (Phi) is 3.58. The Morgan fingerprint density at radius 2 is 1.90 bits per heavy atom. The van der Waals surface area contributed by atoms with Crippen molar-refractivity contribution in [1.82, 2.24) is 4.90 Å². The lowest BCUT2D eigenvalue weighted by atomic mass is 10.1. The smallest absolute Gasteiger partial charge is 0.256 e. The quantitative estimate of drug-likeness (QED) is 0.643. The predicted molar refractivity (Wildman–Crippen MR) is 65.4 cm³/mol. The van der Waals surface area contributed by atoms with Gasteiger partial charge in [0.15, 0.2) is 11.6 Å². The highest BCUT2D eigenvalue weighted by molar-refractivity contribution is 6.01. The second kappa shape index (κ2) is 5.04. The minimum Gasteiger partial charge on any atom is -0.398 e. The summed E-state index contributed by atoms with van der Waals surface area (Å²) in [6, 6.07) is 0.356. The monoisotopic (exact) mass is 285 g/mol. The van der Waals surface area contributed by atoms with Crippen molar-refractivity contribution in [3.8, 4) is 0 Å². The second-order valence-corrected chi connectivity index (χ2v) is 4.62. The average molecular weight is 285 g/mol. The van der Waals surface area contributed by atoms with Crippen molar-refractivity contribution in [1.29, 1.82) is 0 Å². The Bertz CT molecular complexity index is 579. The van der Waals surface area contributed by atoms with Gasteiger partial charge in [-0.2, -0.15) is 0 Å². The Morgan fingerprint density at radius 1 is 1.30 bits per heavy atom. The third-order valence-electron chi connectivity index (χ3n) is 3.19. The van der Waals surface area contributed by atoms with E-state index < -0.39 is 35.6 Å². The Morgan fingerprint density at radius 3 is 2.50 bits per heavy atom. The molecule has 2 rings (SSSR count). The van der Waals surface area contributed by atoms with Gasteiger partial charge >= 0.3 is 0 Å². The number of halogens is 2. The van der Waals surface area contributed by atoms with E-state index in [0.717, 1.165) is 4.90 Å². The van der Waals surface area contributed by atoms with Crippen molar-refractivity contribution < 1.29 is 23.5 Å². The first-order chi connectivity index (χ1) is 9.31. The van der Waals surface area contributed by atoms with Crippen molar-refractivity contribution >= 4 is 17.5 Å². The van der Waals surface area contributed by atoms with E-state index in [4.69, 9.17) is 11.5 Å². The molecule has 0 aromatic heterocycles. The number of aliphatic hydroxyl groups is 1. The summed E-state index contributed by atoms with van der Waals surface area (Å²) < 4.78 is 26.2. The second-order valence-electron chi connectivity index (χ2n) is 4.62. The molecular weight excluding hydrogens is 272 g/mol. The lowest BCUT2D eigenvalue weighted by Crippen LogP contribution is -2.44. The molecule has 0 aliphatic carbocycles. The van der Waals surface area contributed by atoms with Gasteiger partial charge in [-0.15, -0.1) is 0 Å². The van der Waals surface area contributed by atoms with Gasteiger partial charge in [-0.3, -0.25) is 9.59 Å². The molecule has 1 aliphatic rings. The number of primary amides is 1. The standard InChI is InChI=1S/C12H13F2N3O3/c13-7-2-6(9(15)3-8(7)14)12(20)17-4-5(18)1-10(17)11(16)19/h2-3,5,10,18H,1,4,15H2,(H2,16,19). The molecule has 0 bridgehead atoms. The molecule has 0 radical (unpaired) electrons. The molecule has 1 aliphatic heterocycles. The Hall–Kier alpha value is -2.22. The summed E-state index contributed by atoms with van der Waals surface area (Å²) in [7, 11) is 0. The molecule has 2 unspecified atom stereocenters. The van der Waals surface area contributed by atoms with Gasteiger partial charge in [-0.25, -0.2) is 8.78 Å². The fraction of sp³-hybridized carbons (Fsp3) is 0.333. The lowest BCUT2D eigenvalue weighted by Gasteiger charge is -2.22. The van der Waals surface area contributed by atoms with Crippen molar-refractivity contribution in [3.63, 3.8) is 0 Å². The Labute approximate surface area is 113 Å².